The van der Waals surface area contributed by atoms with E-state index in [1.54, 1.807) is 0 Å². The van der Waals surface area contributed by atoms with Crippen LogP contribution in [-0.4, -0.2) is 44.3 Å². The van der Waals surface area contributed by atoms with Crippen LogP contribution in [0.15, 0.2) is 12.1 Å². The van der Waals surface area contributed by atoms with Crippen molar-refractivity contribution in [1.82, 2.24) is 10.2 Å². The molecule has 0 atom stereocenters. The van der Waals surface area contributed by atoms with E-state index in [-0.39, 0.29) is 0 Å². The van der Waals surface area contributed by atoms with E-state index in [0.29, 0.717) is 30.0 Å². The van der Waals surface area contributed by atoms with Gasteiger partial charge in [-0.25, -0.2) is 0 Å². The van der Waals surface area contributed by atoms with E-state index >= 15 is 0 Å². The first-order valence-electron chi connectivity index (χ1n) is 8.64. The Morgan fingerprint density at radius 2 is 1.96 bits per heavy atom. The van der Waals surface area contributed by atoms with Gasteiger partial charge >= 0.3 is 0 Å². The van der Waals surface area contributed by atoms with Crippen molar-refractivity contribution in [3.05, 3.63) is 22.7 Å². The lowest BCUT2D eigenvalue weighted by Gasteiger charge is -2.29. The molecule has 0 saturated carbocycles. The summed E-state index contributed by atoms with van der Waals surface area (Å²) in [6.45, 7) is 8.42. The fourth-order valence-electron chi connectivity index (χ4n) is 2.81. The van der Waals surface area contributed by atoms with Gasteiger partial charge in [0.1, 0.15) is 0 Å². The maximum absolute atomic E-state index is 6.41. The van der Waals surface area contributed by atoms with Crippen LogP contribution in [0.4, 0.5) is 0 Å². The SMILES string of the molecule is CCCOc1c(Cl)cc(CNC2CCN(C)CC2)cc1OCC. The molecule has 23 heavy (non-hydrogen) atoms. The highest BCUT2D eigenvalue weighted by Gasteiger charge is 2.17. The molecule has 1 aromatic carbocycles. The standard InChI is InChI=1S/C18H29ClN2O2/c1-4-10-23-18-16(19)11-14(12-17(18)22-5-2)13-20-15-6-8-21(3)9-7-15/h11-12,15,20H,4-10,13H2,1-3H3. The first-order valence-corrected chi connectivity index (χ1v) is 9.01. The Kier molecular flexibility index (Phi) is 7.47. The molecule has 5 heteroatoms. The Labute approximate surface area is 145 Å². The maximum atomic E-state index is 6.41. The molecule has 1 aromatic rings. The Morgan fingerprint density at radius 3 is 2.61 bits per heavy atom. The maximum Gasteiger partial charge on any atom is 0.179 e. The summed E-state index contributed by atoms with van der Waals surface area (Å²) in [6.07, 6.45) is 3.34. The van der Waals surface area contributed by atoms with Crippen LogP contribution in [0.3, 0.4) is 0 Å². The number of piperidine rings is 1. The lowest BCUT2D eigenvalue weighted by atomic mass is 10.1. The second-order valence-corrected chi connectivity index (χ2v) is 6.55. The number of nitrogens with one attached hydrogen (secondary N) is 1. The van der Waals surface area contributed by atoms with Crippen molar-refractivity contribution in [1.29, 1.82) is 0 Å². The smallest absolute Gasteiger partial charge is 0.179 e. The summed E-state index contributed by atoms with van der Waals surface area (Å²) in [6, 6.07) is 4.61. The molecule has 1 aliphatic heterocycles. The van der Waals surface area contributed by atoms with Gasteiger partial charge in [-0.2, -0.15) is 0 Å². The molecule has 0 unspecified atom stereocenters. The number of benzene rings is 1. The molecule has 1 fully saturated rings. The quantitative estimate of drug-likeness (QED) is 0.782. The molecule has 0 amide bonds. The normalized spacial score (nSPS) is 16.5. The van der Waals surface area contributed by atoms with Gasteiger partial charge < -0.3 is 19.7 Å². The average molecular weight is 341 g/mol. The van der Waals surface area contributed by atoms with E-state index in [1.165, 1.54) is 12.8 Å². The molecule has 1 N–H and O–H groups in total. The third-order valence-corrected chi connectivity index (χ3v) is 4.41. The lowest BCUT2D eigenvalue weighted by molar-refractivity contribution is 0.234. The van der Waals surface area contributed by atoms with Gasteiger partial charge in [0.05, 0.1) is 18.2 Å². The van der Waals surface area contributed by atoms with Crippen molar-refractivity contribution in [2.45, 2.75) is 45.7 Å². The second-order valence-electron chi connectivity index (χ2n) is 6.14. The summed E-state index contributed by atoms with van der Waals surface area (Å²) in [5, 5.41) is 4.27. The molecular weight excluding hydrogens is 312 g/mol. The number of ether oxygens (including phenoxy) is 2. The zero-order valence-electron chi connectivity index (χ0n) is 14.5. The third-order valence-electron chi connectivity index (χ3n) is 4.13. The van der Waals surface area contributed by atoms with Gasteiger partial charge in [0, 0.05) is 12.6 Å². The number of hydrogen-bond donors (Lipinski definition) is 1. The van der Waals surface area contributed by atoms with Crippen LogP contribution >= 0.6 is 11.6 Å². The summed E-state index contributed by atoms with van der Waals surface area (Å²) in [7, 11) is 2.18. The molecule has 4 nitrogen and oxygen atoms in total. The highest BCUT2D eigenvalue weighted by atomic mass is 35.5. The van der Waals surface area contributed by atoms with Gasteiger partial charge in [-0.3, -0.25) is 0 Å². The topological polar surface area (TPSA) is 33.7 Å². The van der Waals surface area contributed by atoms with Gasteiger partial charge in [0.25, 0.3) is 0 Å². The van der Waals surface area contributed by atoms with Crippen LogP contribution in [0.5, 0.6) is 11.5 Å². The Hall–Kier alpha value is -0.970. The van der Waals surface area contributed by atoms with Gasteiger partial charge in [0.2, 0.25) is 0 Å². The molecule has 0 spiro atoms. The number of hydrogen-bond acceptors (Lipinski definition) is 4. The average Bonchev–Trinajstić information content (AvgIpc) is 2.54. The van der Waals surface area contributed by atoms with Crippen molar-refractivity contribution in [3.63, 3.8) is 0 Å². The molecule has 0 aromatic heterocycles. The van der Waals surface area contributed by atoms with Gasteiger partial charge in [0.15, 0.2) is 11.5 Å². The first kappa shape index (κ1) is 18.4. The minimum Gasteiger partial charge on any atom is -0.490 e. The van der Waals surface area contributed by atoms with Crippen LogP contribution in [0.25, 0.3) is 0 Å². The van der Waals surface area contributed by atoms with E-state index < -0.39 is 0 Å². The lowest BCUT2D eigenvalue weighted by Crippen LogP contribution is -2.40. The largest absolute Gasteiger partial charge is 0.490 e. The number of rotatable bonds is 8. The van der Waals surface area contributed by atoms with E-state index in [4.69, 9.17) is 21.1 Å². The van der Waals surface area contributed by atoms with Gasteiger partial charge in [-0.1, -0.05) is 18.5 Å². The summed E-state index contributed by atoms with van der Waals surface area (Å²) in [4.78, 5) is 2.38. The first-order chi connectivity index (χ1) is 11.1. The zero-order chi connectivity index (χ0) is 16.7. The van der Waals surface area contributed by atoms with Crippen molar-refractivity contribution in [2.24, 2.45) is 0 Å². The van der Waals surface area contributed by atoms with Crippen molar-refractivity contribution in [2.75, 3.05) is 33.4 Å². The summed E-state index contributed by atoms with van der Waals surface area (Å²) in [5.41, 5.74) is 1.14. The molecule has 1 saturated heterocycles. The molecule has 0 bridgehead atoms. The molecule has 0 aliphatic carbocycles. The monoisotopic (exact) mass is 340 g/mol. The predicted octanol–water partition coefficient (Wildman–Crippen LogP) is 3.71. The minimum absolute atomic E-state index is 0.580. The molecule has 130 valence electrons. The van der Waals surface area contributed by atoms with Crippen molar-refractivity contribution < 1.29 is 9.47 Å². The molecular formula is C18H29ClN2O2. The van der Waals surface area contributed by atoms with E-state index in [1.807, 2.05) is 19.1 Å². The Balaban J connectivity index is 2.01. The highest BCUT2D eigenvalue weighted by molar-refractivity contribution is 6.32. The minimum atomic E-state index is 0.580. The van der Waals surface area contributed by atoms with Crippen molar-refractivity contribution in [3.8, 4) is 11.5 Å². The van der Waals surface area contributed by atoms with Crippen LogP contribution in [0, 0.1) is 0 Å². The summed E-state index contributed by atoms with van der Waals surface area (Å²) >= 11 is 6.41. The second kappa shape index (κ2) is 9.36. The zero-order valence-corrected chi connectivity index (χ0v) is 15.3. The summed E-state index contributed by atoms with van der Waals surface area (Å²) in [5.74, 6) is 1.41. The highest BCUT2D eigenvalue weighted by Crippen LogP contribution is 2.36. The Bertz CT molecular complexity index is 488. The van der Waals surface area contributed by atoms with Crippen molar-refractivity contribution >= 4 is 11.6 Å². The summed E-state index contributed by atoms with van der Waals surface area (Å²) < 4.78 is 11.5. The Morgan fingerprint density at radius 1 is 1.22 bits per heavy atom. The van der Waals surface area contributed by atoms with Crippen LogP contribution in [-0.2, 0) is 6.54 Å². The van der Waals surface area contributed by atoms with Gasteiger partial charge in [-0.05, 0) is 64.0 Å². The van der Waals surface area contributed by atoms with E-state index in [0.717, 1.165) is 37.4 Å². The van der Waals surface area contributed by atoms with E-state index in [2.05, 4.69) is 24.2 Å². The van der Waals surface area contributed by atoms with Crippen LogP contribution in [0.1, 0.15) is 38.7 Å². The molecule has 1 aliphatic rings. The van der Waals surface area contributed by atoms with Gasteiger partial charge in [-0.15, -0.1) is 0 Å². The van der Waals surface area contributed by atoms with Crippen LogP contribution in [0.2, 0.25) is 5.02 Å². The fraction of sp³-hybridized carbons (Fsp3) is 0.667. The van der Waals surface area contributed by atoms with E-state index in [9.17, 15) is 0 Å². The molecule has 0 radical (unpaired) electrons. The number of halogens is 1. The fourth-order valence-corrected chi connectivity index (χ4v) is 3.09. The number of likely N-dealkylation sites (tertiary alicyclic amines) is 1. The van der Waals surface area contributed by atoms with Crippen LogP contribution < -0.4 is 14.8 Å². The number of nitrogens with zero attached hydrogens (tertiary/aromatic N) is 1. The third kappa shape index (κ3) is 5.55. The molecule has 2 rings (SSSR count). The molecule has 1 heterocycles. The predicted molar refractivity (Wildman–Crippen MR) is 95.8 cm³/mol.